The van der Waals surface area contributed by atoms with Crippen LogP contribution in [0, 0.1) is 0 Å². The van der Waals surface area contributed by atoms with Crippen molar-refractivity contribution < 1.29 is 14.3 Å². The lowest BCUT2D eigenvalue weighted by molar-refractivity contribution is -0.130. The first-order chi connectivity index (χ1) is 11.1. The predicted molar refractivity (Wildman–Crippen MR) is 90.4 cm³/mol. The van der Waals surface area contributed by atoms with Gasteiger partial charge in [0.25, 0.3) is 5.91 Å². The molecule has 23 heavy (non-hydrogen) atoms. The number of hydrogen-bond donors (Lipinski definition) is 0. The molecule has 2 aromatic carbocycles. The average Bonchev–Trinajstić information content (AvgIpc) is 2.58. The molecule has 0 aliphatic carbocycles. The van der Waals surface area contributed by atoms with Crippen LogP contribution >= 0.6 is 0 Å². The van der Waals surface area contributed by atoms with Crippen LogP contribution in [0.5, 0.6) is 5.75 Å². The van der Waals surface area contributed by atoms with Crippen molar-refractivity contribution in [1.29, 1.82) is 0 Å². The minimum Gasteiger partial charge on any atom is -0.484 e. The summed E-state index contributed by atoms with van der Waals surface area (Å²) in [5.74, 6) is 0.365. The maximum absolute atomic E-state index is 12.1. The molecular weight excluding hydrogens is 290 g/mol. The number of allylic oxidation sites excluding steroid dienone is 1. The fourth-order valence-electron chi connectivity index (χ4n) is 1.82. The van der Waals surface area contributed by atoms with E-state index in [1.54, 1.807) is 50.5 Å². The highest BCUT2D eigenvalue weighted by molar-refractivity contribution is 6.06. The number of carbonyl (C=O) groups excluding carboxylic acids is 2. The van der Waals surface area contributed by atoms with Crippen molar-refractivity contribution in [2.45, 2.75) is 0 Å². The molecule has 0 unspecified atom stereocenters. The van der Waals surface area contributed by atoms with E-state index in [9.17, 15) is 9.59 Å². The number of hydrogen-bond acceptors (Lipinski definition) is 3. The molecule has 4 heteroatoms. The summed E-state index contributed by atoms with van der Waals surface area (Å²) in [6.45, 7) is -0.0196. The first-order valence-corrected chi connectivity index (χ1v) is 7.27. The molecule has 0 atom stereocenters. The molecule has 0 radical (unpaired) electrons. The fraction of sp³-hybridized carbons (Fsp3) is 0.158. The van der Waals surface area contributed by atoms with Crippen molar-refractivity contribution in [3.05, 3.63) is 71.8 Å². The topological polar surface area (TPSA) is 46.6 Å². The molecule has 0 fully saturated rings. The molecule has 0 heterocycles. The number of ether oxygens (including phenoxy) is 1. The molecule has 4 nitrogen and oxygen atoms in total. The zero-order chi connectivity index (χ0) is 16.7. The van der Waals surface area contributed by atoms with Crippen LogP contribution in [0.1, 0.15) is 15.9 Å². The van der Waals surface area contributed by atoms with E-state index in [1.165, 1.54) is 4.90 Å². The van der Waals surface area contributed by atoms with Crippen LogP contribution in [0.3, 0.4) is 0 Å². The molecule has 2 aromatic rings. The second kappa shape index (κ2) is 7.94. The van der Waals surface area contributed by atoms with E-state index in [2.05, 4.69) is 0 Å². The van der Waals surface area contributed by atoms with E-state index in [4.69, 9.17) is 4.74 Å². The number of amides is 1. The van der Waals surface area contributed by atoms with Crippen molar-refractivity contribution in [3.63, 3.8) is 0 Å². The number of carbonyl (C=O) groups is 2. The highest BCUT2D eigenvalue weighted by Crippen LogP contribution is 2.13. The predicted octanol–water partition coefficient (Wildman–Crippen LogP) is 3.05. The van der Waals surface area contributed by atoms with Gasteiger partial charge >= 0.3 is 0 Å². The van der Waals surface area contributed by atoms with Gasteiger partial charge in [0.15, 0.2) is 12.4 Å². The number of benzene rings is 2. The Morgan fingerprint density at radius 2 is 1.65 bits per heavy atom. The maximum Gasteiger partial charge on any atom is 0.259 e. The van der Waals surface area contributed by atoms with Gasteiger partial charge in [-0.15, -0.1) is 0 Å². The number of rotatable bonds is 6. The summed E-state index contributed by atoms with van der Waals surface area (Å²) in [6.07, 6.45) is 3.32. The van der Waals surface area contributed by atoms with Crippen LogP contribution in [-0.2, 0) is 4.79 Å². The largest absolute Gasteiger partial charge is 0.484 e. The molecule has 0 N–H and O–H groups in total. The smallest absolute Gasteiger partial charge is 0.259 e. The van der Waals surface area contributed by atoms with Gasteiger partial charge < -0.3 is 9.64 Å². The van der Waals surface area contributed by atoms with Crippen molar-refractivity contribution >= 4 is 17.8 Å². The highest BCUT2D eigenvalue weighted by Gasteiger charge is 2.06. The summed E-state index contributed by atoms with van der Waals surface area (Å²) in [4.78, 5) is 25.0. The Balaban J connectivity index is 1.95. The van der Waals surface area contributed by atoms with Gasteiger partial charge in [-0.25, -0.2) is 0 Å². The Morgan fingerprint density at radius 1 is 1.00 bits per heavy atom. The average molecular weight is 309 g/mol. The molecule has 2 rings (SSSR count). The van der Waals surface area contributed by atoms with Gasteiger partial charge in [-0.1, -0.05) is 36.4 Å². The van der Waals surface area contributed by atoms with E-state index in [-0.39, 0.29) is 18.3 Å². The van der Waals surface area contributed by atoms with Crippen LogP contribution in [0.2, 0.25) is 0 Å². The van der Waals surface area contributed by atoms with E-state index >= 15 is 0 Å². The lowest BCUT2D eigenvalue weighted by atomic mass is 10.1. The third kappa shape index (κ3) is 5.11. The van der Waals surface area contributed by atoms with E-state index in [1.807, 2.05) is 30.3 Å². The molecule has 0 spiro atoms. The molecule has 0 aliphatic heterocycles. The summed E-state index contributed by atoms with van der Waals surface area (Å²) >= 11 is 0. The van der Waals surface area contributed by atoms with Crippen LogP contribution in [0.25, 0.3) is 6.08 Å². The number of nitrogens with zero attached hydrogens (tertiary/aromatic N) is 1. The summed E-state index contributed by atoms with van der Waals surface area (Å²) in [5, 5.41) is 0. The van der Waals surface area contributed by atoms with Gasteiger partial charge in [0.2, 0.25) is 0 Å². The maximum atomic E-state index is 12.1. The van der Waals surface area contributed by atoms with Crippen molar-refractivity contribution in [3.8, 4) is 5.75 Å². The Hall–Kier alpha value is -2.88. The molecule has 0 bridgehead atoms. The molecule has 118 valence electrons. The lowest BCUT2D eigenvalue weighted by Crippen LogP contribution is -2.27. The standard InChI is InChI=1S/C19H19NO3/c1-20(2)19(22)14-23-17-11-9-16(10-12-17)18(21)13-8-15-6-4-3-5-7-15/h3-13H,14H2,1-2H3. The summed E-state index contributed by atoms with van der Waals surface area (Å²) in [5.41, 5.74) is 1.55. The quantitative estimate of drug-likeness (QED) is 0.608. The van der Waals surface area contributed by atoms with Gasteiger partial charge in [0, 0.05) is 19.7 Å². The molecular formula is C19H19NO3. The van der Waals surface area contributed by atoms with Gasteiger partial charge in [-0.2, -0.15) is 0 Å². The van der Waals surface area contributed by atoms with E-state index in [0.29, 0.717) is 11.3 Å². The monoisotopic (exact) mass is 309 g/mol. The second-order valence-corrected chi connectivity index (χ2v) is 5.21. The Morgan fingerprint density at radius 3 is 2.26 bits per heavy atom. The molecule has 0 aromatic heterocycles. The minimum atomic E-state index is -0.115. The SMILES string of the molecule is CN(C)C(=O)COc1ccc(C(=O)C=Cc2ccccc2)cc1. The Labute approximate surface area is 136 Å². The minimum absolute atomic E-state index is 0.0196. The van der Waals surface area contributed by atoms with Crippen LogP contribution < -0.4 is 4.74 Å². The summed E-state index contributed by atoms with van der Waals surface area (Å²) < 4.78 is 5.37. The Kier molecular flexibility index (Phi) is 5.69. The molecule has 1 amide bonds. The Bertz CT molecular complexity index is 688. The van der Waals surface area contributed by atoms with Crippen LogP contribution in [-0.4, -0.2) is 37.3 Å². The zero-order valence-electron chi connectivity index (χ0n) is 13.2. The van der Waals surface area contributed by atoms with E-state index < -0.39 is 0 Å². The number of ketones is 1. The lowest BCUT2D eigenvalue weighted by Gasteiger charge is -2.11. The van der Waals surface area contributed by atoms with Gasteiger partial charge in [0.1, 0.15) is 5.75 Å². The second-order valence-electron chi connectivity index (χ2n) is 5.21. The van der Waals surface area contributed by atoms with E-state index in [0.717, 1.165) is 5.56 Å². The zero-order valence-corrected chi connectivity index (χ0v) is 13.2. The molecule has 0 aliphatic rings. The van der Waals surface area contributed by atoms with Gasteiger partial charge in [-0.05, 0) is 35.9 Å². The number of likely N-dealkylation sites (N-methyl/N-ethyl adjacent to an activating group) is 1. The van der Waals surface area contributed by atoms with Gasteiger partial charge in [0.05, 0.1) is 0 Å². The third-order valence-electron chi connectivity index (χ3n) is 3.23. The third-order valence-corrected chi connectivity index (χ3v) is 3.23. The van der Waals surface area contributed by atoms with Gasteiger partial charge in [-0.3, -0.25) is 9.59 Å². The first-order valence-electron chi connectivity index (χ1n) is 7.27. The van der Waals surface area contributed by atoms with Crippen molar-refractivity contribution in [2.75, 3.05) is 20.7 Å². The van der Waals surface area contributed by atoms with Crippen molar-refractivity contribution in [1.82, 2.24) is 4.90 Å². The summed E-state index contributed by atoms with van der Waals surface area (Å²) in [6, 6.07) is 16.4. The van der Waals surface area contributed by atoms with Crippen LogP contribution in [0.4, 0.5) is 0 Å². The molecule has 0 saturated heterocycles. The van der Waals surface area contributed by atoms with Crippen molar-refractivity contribution in [2.24, 2.45) is 0 Å². The first kappa shape index (κ1) is 16.5. The summed E-state index contributed by atoms with van der Waals surface area (Å²) in [7, 11) is 3.35. The normalized spacial score (nSPS) is 10.5. The highest BCUT2D eigenvalue weighted by atomic mass is 16.5. The molecule has 0 saturated carbocycles. The van der Waals surface area contributed by atoms with Crippen LogP contribution in [0.15, 0.2) is 60.7 Å². The fourth-order valence-corrected chi connectivity index (χ4v) is 1.82.